The van der Waals surface area contributed by atoms with Crippen LogP contribution in [0.1, 0.15) is 59.2 Å². The van der Waals surface area contributed by atoms with Crippen molar-refractivity contribution < 1.29 is 14.3 Å². The van der Waals surface area contributed by atoms with Crippen LogP contribution in [0.3, 0.4) is 0 Å². The fourth-order valence-electron chi connectivity index (χ4n) is 5.17. The van der Waals surface area contributed by atoms with Gasteiger partial charge in [-0.3, -0.25) is 9.69 Å². The molecule has 1 amide bonds. The second kappa shape index (κ2) is 10.1. The minimum atomic E-state index is -0.00483. The van der Waals surface area contributed by atoms with Crippen LogP contribution in [0.2, 0.25) is 0 Å². The van der Waals surface area contributed by atoms with E-state index in [4.69, 9.17) is 9.47 Å². The number of hydrogen-bond donors (Lipinski definition) is 1. The summed E-state index contributed by atoms with van der Waals surface area (Å²) in [5.74, 6) is 0.781. The van der Waals surface area contributed by atoms with Crippen LogP contribution in [0.4, 0.5) is 0 Å². The fourth-order valence-corrected chi connectivity index (χ4v) is 5.17. The average molecular weight is 435 g/mol. The van der Waals surface area contributed by atoms with E-state index < -0.39 is 0 Å². The number of rotatable bonds is 7. The van der Waals surface area contributed by atoms with Gasteiger partial charge in [0.05, 0.1) is 6.10 Å². The molecule has 0 spiro atoms. The number of hydrogen-bond acceptors (Lipinski definition) is 4. The molecule has 1 unspecified atom stereocenters. The number of likely N-dealkylation sites (tertiary alicyclic amines) is 1. The van der Waals surface area contributed by atoms with Crippen LogP contribution in [-0.4, -0.2) is 49.3 Å². The highest BCUT2D eigenvalue weighted by atomic mass is 16.5. The fraction of sp³-hybridized carbons (Fsp3) is 0.519. The first-order valence-electron chi connectivity index (χ1n) is 12.2. The molecule has 5 heteroatoms. The molecule has 5 nitrogen and oxygen atoms in total. The minimum Gasteiger partial charge on any atom is -0.491 e. The quantitative estimate of drug-likeness (QED) is 0.712. The SMILES string of the molecule is O=C(NC1CCc2cc(CN3CCCC3)ccc2C1)c1ccc(OC[C@@H]2CCCO2)cc1. The molecule has 2 aromatic carbocycles. The molecule has 0 saturated carbocycles. The van der Waals surface area contributed by atoms with E-state index in [1.54, 1.807) is 0 Å². The third-order valence-electron chi connectivity index (χ3n) is 7.02. The molecule has 2 aromatic rings. The number of amides is 1. The summed E-state index contributed by atoms with van der Waals surface area (Å²) >= 11 is 0. The molecular formula is C27H34N2O3. The van der Waals surface area contributed by atoms with Gasteiger partial charge >= 0.3 is 0 Å². The Balaban J connectivity index is 1.12. The van der Waals surface area contributed by atoms with Crippen molar-refractivity contribution in [2.24, 2.45) is 0 Å². The standard InChI is InChI=1S/C27H34N2O3/c30-27(21-8-11-25(12-9-21)32-19-26-4-3-15-31-26)28-24-10-7-22-16-20(5-6-23(22)17-24)18-29-13-1-2-14-29/h5-6,8-9,11-12,16,24,26H,1-4,7,10,13-15,17-19H2,(H,28,30)/t24?,26-/m0/s1. The predicted molar refractivity (Wildman–Crippen MR) is 125 cm³/mol. The van der Waals surface area contributed by atoms with Gasteiger partial charge in [0.2, 0.25) is 0 Å². The van der Waals surface area contributed by atoms with E-state index in [2.05, 4.69) is 28.4 Å². The summed E-state index contributed by atoms with van der Waals surface area (Å²) in [7, 11) is 0. The zero-order chi connectivity index (χ0) is 21.8. The molecule has 2 saturated heterocycles. The van der Waals surface area contributed by atoms with Gasteiger partial charge in [-0.2, -0.15) is 0 Å². The molecule has 2 fully saturated rings. The number of nitrogens with zero attached hydrogens (tertiary/aromatic N) is 1. The molecule has 0 radical (unpaired) electrons. The molecule has 2 aliphatic heterocycles. The minimum absolute atomic E-state index is 0.00483. The van der Waals surface area contributed by atoms with Crippen LogP contribution in [0, 0.1) is 0 Å². The highest BCUT2D eigenvalue weighted by molar-refractivity contribution is 5.94. The van der Waals surface area contributed by atoms with Gasteiger partial charge in [0.15, 0.2) is 0 Å². The molecule has 0 aromatic heterocycles. The second-order valence-electron chi connectivity index (χ2n) is 9.47. The Labute approximate surface area is 191 Å². The summed E-state index contributed by atoms with van der Waals surface area (Å²) in [5.41, 5.74) is 4.95. The predicted octanol–water partition coefficient (Wildman–Crippen LogP) is 4.13. The smallest absolute Gasteiger partial charge is 0.251 e. The number of fused-ring (bicyclic) bond motifs is 1. The Morgan fingerprint density at radius 2 is 1.88 bits per heavy atom. The Bertz CT molecular complexity index is 915. The molecule has 2 heterocycles. The molecule has 2 atom stereocenters. The average Bonchev–Trinajstić information content (AvgIpc) is 3.52. The van der Waals surface area contributed by atoms with Gasteiger partial charge < -0.3 is 14.8 Å². The zero-order valence-corrected chi connectivity index (χ0v) is 18.9. The molecule has 170 valence electrons. The van der Waals surface area contributed by atoms with E-state index in [-0.39, 0.29) is 18.1 Å². The monoisotopic (exact) mass is 434 g/mol. The van der Waals surface area contributed by atoms with Crippen LogP contribution in [0.25, 0.3) is 0 Å². The lowest BCUT2D eigenvalue weighted by molar-refractivity contribution is 0.0679. The third-order valence-corrected chi connectivity index (χ3v) is 7.02. The van der Waals surface area contributed by atoms with Crippen molar-refractivity contribution >= 4 is 5.91 Å². The number of benzene rings is 2. The van der Waals surface area contributed by atoms with Crippen molar-refractivity contribution in [3.05, 3.63) is 64.7 Å². The number of carbonyl (C=O) groups is 1. The van der Waals surface area contributed by atoms with E-state index in [9.17, 15) is 4.79 Å². The van der Waals surface area contributed by atoms with Crippen molar-refractivity contribution in [2.45, 2.75) is 63.6 Å². The van der Waals surface area contributed by atoms with Gasteiger partial charge in [-0.15, -0.1) is 0 Å². The number of ether oxygens (including phenoxy) is 2. The lowest BCUT2D eigenvalue weighted by Gasteiger charge is -2.26. The first kappa shape index (κ1) is 21.5. The highest BCUT2D eigenvalue weighted by Crippen LogP contribution is 2.25. The number of nitrogens with one attached hydrogen (secondary N) is 1. The van der Waals surface area contributed by atoms with Crippen LogP contribution < -0.4 is 10.1 Å². The van der Waals surface area contributed by atoms with Crippen LogP contribution in [-0.2, 0) is 24.1 Å². The first-order chi connectivity index (χ1) is 15.7. The maximum atomic E-state index is 12.8. The summed E-state index contributed by atoms with van der Waals surface area (Å²) in [6.45, 7) is 4.94. The summed E-state index contributed by atoms with van der Waals surface area (Å²) in [6, 6.07) is 14.6. The van der Waals surface area contributed by atoms with Gasteiger partial charge in [0.25, 0.3) is 5.91 Å². The summed E-state index contributed by atoms with van der Waals surface area (Å²) in [6.07, 6.45) is 7.97. The molecule has 1 N–H and O–H groups in total. The molecule has 5 rings (SSSR count). The van der Waals surface area contributed by atoms with Crippen LogP contribution in [0.5, 0.6) is 5.75 Å². The van der Waals surface area contributed by atoms with E-state index in [1.165, 1.54) is 42.6 Å². The lowest BCUT2D eigenvalue weighted by atomic mass is 9.87. The Morgan fingerprint density at radius 1 is 1.03 bits per heavy atom. The lowest BCUT2D eigenvalue weighted by Crippen LogP contribution is -2.38. The van der Waals surface area contributed by atoms with Gasteiger partial charge in [0, 0.05) is 24.8 Å². The molecule has 32 heavy (non-hydrogen) atoms. The van der Waals surface area contributed by atoms with Gasteiger partial charge in [-0.05, 0) is 99.0 Å². The van der Waals surface area contributed by atoms with E-state index in [1.807, 2.05) is 24.3 Å². The zero-order valence-electron chi connectivity index (χ0n) is 18.9. The van der Waals surface area contributed by atoms with Crippen molar-refractivity contribution in [3.8, 4) is 5.75 Å². The number of aryl methyl sites for hydroxylation is 1. The van der Waals surface area contributed by atoms with Crippen molar-refractivity contribution in [2.75, 3.05) is 26.3 Å². The highest BCUT2D eigenvalue weighted by Gasteiger charge is 2.22. The third kappa shape index (κ3) is 5.33. The maximum absolute atomic E-state index is 12.8. The Hall–Kier alpha value is -2.37. The van der Waals surface area contributed by atoms with Crippen LogP contribution in [0.15, 0.2) is 42.5 Å². The van der Waals surface area contributed by atoms with Crippen molar-refractivity contribution in [1.29, 1.82) is 0 Å². The van der Waals surface area contributed by atoms with Crippen molar-refractivity contribution in [1.82, 2.24) is 10.2 Å². The first-order valence-corrected chi connectivity index (χ1v) is 12.2. The van der Waals surface area contributed by atoms with E-state index >= 15 is 0 Å². The summed E-state index contributed by atoms with van der Waals surface area (Å²) in [5, 5.41) is 3.24. The maximum Gasteiger partial charge on any atom is 0.251 e. The van der Waals surface area contributed by atoms with Gasteiger partial charge in [0.1, 0.15) is 12.4 Å². The normalized spacial score (nSPS) is 23.1. The van der Waals surface area contributed by atoms with E-state index in [0.717, 1.165) is 51.0 Å². The Kier molecular flexibility index (Phi) is 6.75. The molecule has 0 bridgehead atoms. The van der Waals surface area contributed by atoms with E-state index in [0.29, 0.717) is 12.2 Å². The molecular weight excluding hydrogens is 400 g/mol. The van der Waals surface area contributed by atoms with Gasteiger partial charge in [-0.1, -0.05) is 18.2 Å². The van der Waals surface area contributed by atoms with Crippen LogP contribution >= 0.6 is 0 Å². The topological polar surface area (TPSA) is 50.8 Å². The largest absolute Gasteiger partial charge is 0.491 e. The summed E-state index contributed by atoms with van der Waals surface area (Å²) in [4.78, 5) is 15.3. The number of carbonyl (C=O) groups excluding carboxylic acids is 1. The molecule has 1 aliphatic carbocycles. The second-order valence-corrected chi connectivity index (χ2v) is 9.47. The van der Waals surface area contributed by atoms with Gasteiger partial charge in [-0.25, -0.2) is 0 Å². The summed E-state index contributed by atoms with van der Waals surface area (Å²) < 4.78 is 11.4. The van der Waals surface area contributed by atoms with Crippen molar-refractivity contribution in [3.63, 3.8) is 0 Å². The molecule has 3 aliphatic rings. The Morgan fingerprint density at radius 3 is 2.66 bits per heavy atom.